The van der Waals surface area contributed by atoms with E-state index >= 15 is 0 Å². The first-order chi connectivity index (χ1) is 17.2. The highest BCUT2D eigenvalue weighted by Crippen LogP contribution is 2.39. The topological polar surface area (TPSA) is 58.6 Å². The molecular weight excluding hydrogens is 509 g/mol. The van der Waals surface area contributed by atoms with Crippen LogP contribution in [0, 0.1) is 5.82 Å². The Balaban J connectivity index is 1.66. The lowest BCUT2D eigenvalue weighted by Gasteiger charge is -2.33. The van der Waals surface area contributed by atoms with E-state index in [1.54, 1.807) is 0 Å². The third-order valence-corrected chi connectivity index (χ3v) is 5.53. The molecule has 2 amide bonds. The number of amides is 2. The summed E-state index contributed by atoms with van der Waals surface area (Å²) < 4.78 is 97.8. The Morgan fingerprint density at radius 2 is 1.51 bits per heavy atom. The minimum atomic E-state index is -5.11. The summed E-state index contributed by atoms with van der Waals surface area (Å²) >= 11 is 0. The Kier molecular flexibility index (Phi) is 6.61. The average molecular weight is 526 g/mol. The van der Waals surface area contributed by atoms with Gasteiger partial charge in [-0.1, -0.05) is 12.1 Å². The van der Waals surface area contributed by atoms with Crippen LogP contribution in [0.3, 0.4) is 0 Å². The van der Waals surface area contributed by atoms with Crippen LogP contribution in [0.2, 0.25) is 0 Å². The minimum Gasteiger partial charge on any atom is -0.479 e. The fourth-order valence-electron chi connectivity index (χ4n) is 3.71. The highest BCUT2D eigenvalue weighted by atomic mass is 19.4. The maximum Gasteiger partial charge on any atom is 0.416 e. The van der Waals surface area contributed by atoms with Gasteiger partial charge in [0.25, 0.3) is 11.8 Å². The number of ether oxygens (including phenoxy) is 1. The molecule has 0 radical (unpaired) electrons. The molecule has 5 nitrogen and oxygen atoms in total. The first kappa shape index (κ1) is 26.0. The molecule has 3 aromatic carbocycles. The third-order valence-electron chi connectivity index (χ3n) is 5.53. The zero-order chi connectivity index (χ0) is 27.1. The number of carbonyl (C=O) groups excluding carboxylic acids is 2. The molecule has 0 aliphatic carbocycles. The van der Waals surface area contributed by atoms with Gasteiger partial charge in [0.1, 0.15) is 11.6 Å². The first-order valence-corrected chi connectivity index (χ1v) is 10.7. The molecule has 37 heavy (non-hydrogen) atoms. The van der Waals surface area contributed by atoms with E-state index in [1.165, 1.54) is 54.3 Å². The number of nitrogens with one attached hydrogen (secondary N) is 1. The van der Waals surface area contributed by atoms with Crippen molar-refractivity contribution in [2.45, 2.75) is 31.9 Å². The fourth-order valence-corrected chi connectivity index (χ4v) is 3.71. The Morgan fingerprint density at radius 1 is 0.919 bits per heavy atom. The largest absolute Gasteiger partial charge is 0.479 e. The number of benzene rings is 3. The number of rotatable bonds is 4. The van der Waals surface area contributed by atoms with Gasteiger partial charge in [-0.3, -0.25) is 9.59 Å². The van der Waals surface area contributed by atoms with Crippen molar-refractivity contribution in [2.75, 3.05) is 10.2 Å². The summed E-state index contributed by atoms with van der Waals surface area (Å²) in [6.07, 6.45) is -11.1. The van der Waals surface area contributed by atoms with Crippen molar-refractivity contribution in [2.24, 2.45) is 0 Å². The van der Waals surface area contributed by atoms with Gasteiger partial charge in [-0.15, -0.1) is 0 Å². The van der Waals surface area contributed by atoms with Crippen molar-refractivity contribution in [1.82, 2.24) is 0 Å². The van der Waals surface area contributed by atoms with Gasteiger partial charge in [-0.25, -0.2) is 4.39 Å². The molecule has 1 atom stereocenters. The SMILES string of the molecule is CC1Oc2ccc(NC(=O)c3cc(C(F)(F)F)cc(C(F)(F)F)c3)cc2N(Cc2ccc(F)cc2)C1=O. The normalized spacial score (nSPS) is 15.7. The molecule has 1 aliphatic heterocycles. The summed E-state index contributed by atoms with van der Waals surface area (Å²) in [6.45, 7) is 1.53. The molecular formula is C25H17F7N2O3. The van der Waals surface area contributed by atoms with Crippen LogP contribution in [-0.4, -0.2) is 17.9 Å². The number of nitrogens with zero attached hydrogens (tertiary/aromatic N) is 1. The van der Waals surface area contributed by atoms with Crippen molar-refractivity contribution in [1.29, 1.82) is 0 Å². The molecule has 0 bridgehead atoms. The fraction of sp³-hybridized carbons (Fsp3) is 0.200. The number of hydrogen-bond donors (Lipinski definition) is 1. The zero-order valence-corrected chi connectivity index (χ0v) is 18.9. The molecule has 12 heteroatoms. The van der Waals surface area contributed by atoms with Crippen LogP contribution in [0.25, 0.3) is 0 Å². The molecule has 3 aromatic rings. The van der Waals surface area contributed by atoms with E-state index in [9.17, 15) is 40.3 Å². The van der Waals surface area contributed by atoms with Crippen molar-refractivity contribution < 1.29 is 45.1 Å². The van der Waals surface area contributed by atoms with Gasteiger partial charge in [0.2, 0.25) is 0 Å². The summed E-state index contributed by atoms with van der Waals surface area (Å²) in [7, 11) is 0. The summed E-state index contributed by atoms with van der Waals surface area (Å²) in [4.78, 5) is 26.8. The summed E-state index contributed by atoms with van der Waals surface area (Å²) in [6, 6.07) is 9.96. The minimum absolute atomic E-state index is 0.00946. The second-order valence-electron chi connectivity index (χ2n) is 8.24. The van der Waals surface area contributed by atoms with Gasteiger partial charge in [0, 0.05) is 11.3 Å². The third kappa shape index (κ3) is 5.68. The average Bonchev–Trinajstić information content (AvgIpc) is 2.82. The van der Waals surface area contributed by atoms with Crippen molar-refractivity contribution in [3.05, 3.63) is 88.7 Å². The van der Waals surface area contributed by atoms with Gasteiger partial charge in [-0.2, -0.15) is 26.3 Å². The van der Waals surface area contributed by atoms with Crippen LogP contribution < -0.4 is 15.0 Å². The summed E-state index contributed by atoms with van der Waals surface area (Å²) in [5, 5.41) is 2.27. The van der Waals surface area contributed by atoms with Crippen LogP contribution in [0.1, 0.15) is 34.0 Å². The van der Waals surface area contributed by atoms with E-state index in [4.69, 9.17) is 4.74 Å². The second-order valence-corrected chi connectivity index (χ2v) is 8.24. The maximum absolute atomic E-state index is 13.3. The predicted molar refractivity (Wildman–Crippen MR) is 119 cm³/mol. The monoisotopic (exact) mass is 526 g/mol. The van der Waals surface area contributed by atoms with E-state index in [1.807, 2.05) is 0 Å². The quantitative estimate of drug-likeness (QED) is 0.399. The molecule has 1 aliphatic rings. The van der Waals surface area contributed by atoms with Crippen molar-refractivity contribution in [3.63, 3.8) is 0 Å². The molecule has 0 fully saturated rings. The van der Waals surface area contributed by atoms with Gasteiger partial charge in [0.05, 0.1) is 23.4 Å². The van der Waals surface area contributed by atoms with E-state index in [0.29, 0.717) is 17.7 Å². The molecule has 194 valence electrons. The summed E-state index contributed by atoms with van der Waals surface area (Å²) in [5.74, 6) is -1.89. The van der Waals surface area contributed by atoms with Gasteiger partial charge in [-0.05, 0) is 61.0 Å². The smallest absolute Gasteiger partial charge is 0.416 e. The highest BCUT2D eigenvalue weighted by molar-refractivity contribution is 6.06. The van der Waals surface area contributed by atoms with Crippen LogP contribution in [0.5, 0.6) is 5.75 Å². The van der Waals surface area contributed by atoms with Crippen molar-refractivity contribution in [3.8, 4) is 5.75 Å². The van der Waals surface area contributed by atoms with Crippen LogP contribution in [0.4, 0.5) is 42.1 Å². The van der Waals surface area contributed by atoms with E-state index < -0.39 is 52.8 Å². The zero-order valence-electron chi connectivity index (χ0n) is 18.9. The second kappa shape index (κ2) is 9.41. The number of carbonyl (C=O) groups is 2. The molecule has 1 heterocycles. The Bertz CT molecular complexity index is 1320. The van der Waals surface area contributed by atoms with Gasteiger partial charge < -0.3 is 15.0 Å². The summed E-state index contributed by atoms with van der Waals surface area (Å²) in [5.41, 5.74) is -3.35. The Hall–Kier alpha value is -4.09. The number of fused-ring (bicyclic) bond motifs is 1. The highest BCUT2D eigenvalue weighted by Gasteiger charge is 2.38. The molecule has 1 unspecified atom stereocenters. The molecule has 1 N–H and O–H groups in total. The number of anilines is 2. The molecule has 0 spiro atoms. The van der Waals surface area contributed by atoms with Crippen LogP contribution in [0.15, 0.2) is 60.7 Å². The molecule has 4 rings (SSSR count). The molecule has 0 saturated heterocycles. The Morgan fingerprint density at radius 3 is 2.08 bits per heavy atom. The van der Waals surface area contributed by atoms with E-state index in [-0.39, 0.29) is 29.7 Å². The first-order valence-electron chi connectivity index (χ1n) is 10.7. The molecule has 0 aromatic heterocycles. The van der Waals surface area contributed by atoms with E-state index in [2.05, 4.69) is 5.32 Å². The number of alkyl halides is 6. The predicted octanol–water partition coefficient (Wildman–Crippen LogP) is 6.43. The van der Waals surface area contributed by atoms with Gasteiger partial charge in [0.15, 0.2) is 6.10 Å². The molecule has 0 saturated carbocycles. The van der Waals surface area contributed by atoms with Crippen LogP contribution in [-0.2, 0) is 23.7 Å². The Labute approximate surface area is 205 Å². The van der Waals surface area contributed by atoms with Crippen LogP contribution >= 0.6 is 0 Å². The lowest BCUT2D eigenvalue weighted by atomic mass is 10.0. The maximum atomic E-state index is 13.3. The van der Waals surface area contributed by atoms with Gasteiger partial charge >= 0.3 is 12.4 Å². The van der Waals surface area contributed by atoms with Crippen molar-refractivity contribution >= 4 is 23.2 Å². The van der Waals surface area contributed by atoms with E-state index in [0.717, 1.165) is 0 Å². The number of hydrogen-bond acceptors (Lipinski definition) is 3. The standard InChI is InChI=1S/C25H17F7N2O3/c1-13-23(36)34(12-14-2-4-18(26)5-3-14)20-11-19(6-7-21(20)37-13)33-22(35)15-8-16(24(27,28)29)10-17(9-15)25(30,31)32/h2-11,13H,12H2,1H3,(H,33,35). The lowest BCUT2D eigenvalue weighted by Crippen LogP contribution is -2.44. The number of halogens is 7. The lowest BCUT2D eigenvalue weighted by molar-refractivity contribution is -0.143.